The van der Waals surface area contributed by atoms with Crippen LogP contribution in [0.1, 0.15) is 46.0 Å². The maximum atomic E-state index is 11.5. The molecule has 2 rings (SSSR count). The van der Waals surface area contributed by atoms with Crippen LogP contribution in [0.5, 0.6) is 0 Å². The Morgan fingerprint density at radius 3 is 2.36 bits per heavy atom. The minimum atomic E-state index is 0.158. The third kappa shape index (κ3) is 6.17. The molecule has 2 N–H and O–H groups in total. The number of nitrogens with zero attached hydrogens (tertiary/aromatic N) is 3. The van der Waals surface area contributed by atoms with Crippen molar-refractivity contribution in [1.29, 1.82) is 0 Å². The van der Waals surface area contributed by atoms with Gasteiger partial charge in [-0.05, 0) is 57.5 Å². The molecule has 2 heterocycles. The lowest BCUT2D eigenvalue weighted by molar-refractivity contribution is -0.121. The highest BCUT2D eigenvalue weighted by Crippen LogP contribution is 2.21. The summed E-state index contributed by atoms with van der Waals surface area (Å²) in [6.07, 6.45) is 5.41. The van der Waals surface area contributed by atoms with Gasteiger partial charge in [0.25, 0.3) is 0 Å². The van der Waals surface area contributed by atoms with E-state index in [0.717, 1.165) is 44.4 Å². The molecular formula is C19H37N5O. The van der Waals surface area contributed by atoms with Gasteiger partial charge < -0.3 is 15.5 Å². The molecule has 2 aliphatic heterocycles. The summed E-state index contributed by atoms with van der Waals surface area (Å²) >= 11 is 0. The number of carbonyl (C=O) groups is 1. The van der Waals surface area contributed by atoms with E-state index in [1.54, 1.807) is 7.05 Å². The molecule has 2 aliphatic rings. The molecule has 0 aliphatic carbocycles. The van der Waals surface area contributed by atoms with Gasteiger partial charge in [0.1, 0.15) is 0 Å². The van der Waals surface area contributed by atoms with Crippen molar-refractivity contribution in [3.8, 4) is 0 Å². The van der Waals surface area contributed by atoms with Crippen LogP contribution < -0.4 is 10.6 Å². The molecule has 0 aromatic heterocycles. The van der Waals surface area contributed by atoms with E-state index in [-0.39, 0.29) is 5.91 Å². The summed E-state index contributed by atoms with van der Waals surface area (Å²) in [7, 11) is 3.58. The molecule has 6 nitrogen and oxygen atoms in total. The number of likely N-dealkylation sites (tertiary alicyclic amines) is 2. The first kappa shape index (κ1) is 20.0. The lowest BCUT2D eigenvalue weighted by atomic mass is 9.93. The molecule has 25 heavy (non-hydrogen) atoms. The van der Waals surface area contributed by atoms with E-state index in [4.69, 9.17) is 0 Å². The van der Waals surface area contributed by atoms with E-state index in [9.17, 15) is 4.79 Å². The Labute approximate surface area is 153 Å². The molecule has 1 atom stereocenters. The molecule has 2 fully saturated rings. The first-order chi connectivity index (χ1) is 12.0. The molecular weight excluding hydrogens is 314 g/mol. The van der Waals surface area contributed by atoms with E-state index in [2.05, 4.69) is 39.3 Å². The highest BCUT2D eigenvalue weighted by Gasteiger charge is 2.24. The van der Waals surface area contributed by atoms with Crippen LogP contribution in [0.25, 0.3) is 0 Å². The molecule has 6 heteroatoms. The fourth-order valence-electron chi connectivity index (χ4n) is 3.88. The molecule has 0 spiro atoms. The molecule has 0 radical (unpaired) electrons. The fourth-order valence-corrected chi connectivity index (χ4v) is 3.88. The largest absolute Gasteiger partial charge is 0.359 e. The van der Waals surface area contributed by atoms with Crippen LogP contribution in [0.15, 0.2) is 4.99 Å². The van der Waals surface area contributed by atoms with Crippen molar-refractivity contribution >= 4 is 11.9 Å². The predicted octanol–water partition coefficient (Wildman–Crippen LogP) is 1.53. The van der Waals surface area contributed by atoms with Gasteiger partial charge in [0.05, 0.1) is 0 Å². The number of aliphatic imine (C=N–C) groups is 1. The molecule has 1 unspecified atom stereocenters. The highest BCUT2D eigenvalue weighted by molar-refractivity contribution is 5.80. The van der Waals surface area contributed by atoms with E-state index < -0.39 is 0 Å². The Bertz CT molecular complexity index is 437. The van der Waals surface area contributed by atoms with E-state index in [1.807, 2.05) is 7.05 Å². The number of amides is 1. The van der Waals surface area contributed by atoms with Crippen molar-refractivity contribution in [3.05, 3.63) is 0 Å². The monoisotopic (exact) mass is 351 g/mol. The number of rotatable bonds is 5. The SMILES string of the molecule is CN=C(NCC(C)N1CCC(C)CC1)N1CCC(CC(=O)NC)CC1. The van der Waals surface area contributed by atoms with Crippen LogP contribution in [-0.4, -0.2) is 74.5 Å². The van der Waals surface area contributed by atoms with Crippen molar-refractivity contribution in [2.24, 2.45) is 16.8 Å². The molecule has 1 amide bonds. The van der Waals surface area contributed by atoms with Crippen molar-refractivity contribution < 1.29 is 4.79 Å². The maximum absolute atomic E-state index is 11.5. The molecule has 0 aromatic rings. The summed E-state index contributed by atoms with van der Waals surface area (Å²) in [6.45, 7) is 10.0. The van der Waals surface area contributed by atoms with Gasteiger partial charge in [-0.15, -0.1) is 0 Å². The van der Waals surface area contributed by atoms with Gasteiger partial charge in [0.15, 0.2) is 5.96 Å². The second kappa shape index (κ2) is 10.00. The zero-order chi connectivity index (χ0) is 18.2. The number of nitrogens with one attached hydrogen (secondary N) is 2. The van der Waals surface area contributed by atoms with E-state index >= 15 is 0 Å². The Morgan fingerprint density at radius 1 is 1.16 bits per heavy atom. The summed E-state index contributed by atoms with van der Waals surface area (Å²) in [5, 5.41) is 6.30. The average Bonchev–Trinajstić information content (AvgIpc) is 2.63. The second-order valence-electron chi connectivity index (χ2n) is 7.80. The molecule has 2 saturated heterocycles. The smallest absolute Gasteiger partial charge is 0.220 e. The Balaban J connectivity index is 1.73. The summed E-state index contributed by atoms with van der Waals surface area (Å²) in [5.41, 5.74) is 0. The minimum Gasteiger partial charge on any atom is -0.359 e. The van der Waals surface area contributed by atoms with Crippen LogP contribution >= 0.6 is 0 Å². The van der Waals surface area contributed by atoms with Gasteiger partial charge in [0, 0.05) is 46.2 Å². The van der Waals surface area contributed by atoms with Crippen molar-refractivity contribution in [2.75, 3.05) is 46.8 Å². The fraction of sp³-hybridized carbons (Fsp3) is 0.895. The highest BCUT2D eigenvalue weighted by atomic mass is 16.1. The van der Waals surface area contributed by atoms with E-state index in [1.165, 1.54) is 25.9 Å². The number of hydrogen-bond acceptors (Lipinski definition) is 3. The van der Waals surface area contributed by atoms with Crippen LogP contribution in [0, 0.1) is 11.8 Å². The second-order valence-corrected chi connectivity index (χ2v) is 7.80. The average molecular weight is 352 g/mol. The quantitative estimate of drug-likeness (QED) is 0.583. The third-order valence-electron chi connectivity index (χ3n) is 5.88. The Kier molecular flexibility index (Phi) is 8.00. The third-order valence-corrected chi connectivity index (χ3v) is 5.88. The Morgan fingerprint density at radius 2 is 1.80 bits per heavy atom. The number of guanidine groups is 1. The van der Waals surface area contributed by atoms with Crippen LogP contribution in [0.2, 0.25) is 0 Å². The van der Waals surface area contributed by atoms with Gasteiger partial charge in [0.2, 0.25) is 5.91 Å². The van der Waals surface area contributed by atoms with E-state index in [0.29, 0.717) is 18.4 Å². The number of piperidine rings is 2. The van der Waals surface area contributed by atoms with Gasteiger partial charge in [-0.25, -0.2) is 0 Å². The minimum absolute atomic E-state index is 0.158. The summed E-state index contributed by atoms with van der Waals surface area (Å²) in [6, 6.07) is 0.537. The molecule has 0 saturated carbocycles. The lowest BCUT2D eigenvalue weighted by Gasteiger charge is -2.37. The normalized spacial score (nSPS) is 22.7. The number of carbonyl (C=O) groups excluding carboxylic acids is 1. The maximum Gasteiger partial charge on any atom is 0.220 e. The zero-order valence-corrected chi connectivity index (χ0v) is 16.6. The number of hydrogen-bond donors (Lipinski definition) is 2. The summed E-state index contributed by atoms with van der Waals surface area (Å²) in [5.74, 6) is 2.55. The van der Waals surface area contributed by atoms with Gasteiger partial charge in [-0.3, -0.25) is 14.7 Å². The first-order valence-electron chi connectivity index (χ1n) is 9.93. The summed E-state index contributed by atoms with van der Waals surface area (Å²) in [4.78, 5) is 20.9. The molecule has 0 bridgehead atoms. The van der Waals surface area contributed by atoms with Gasteiger partial charge in [-0.2, -0.15) is 0 Å². The predicted molar refractivity (Wildman–Crippen MR) is 104 cm³/mol. The lowest BCUT2D eigenvalue weighted by Crippen LogP contribution is -2.50. The standard InChI is InChI=1S/C19H37N5O/c1-15-5-9-23(10-6-15)16(2)14-22-19(21-4)24-11-7-17(8-12-24)13-18(25)20-3/h15-17H,5-14H2,1-4H3,(H,20,25)(H,21,22). The van der Waals surface area contributed by atoms with Crippen molar-refractivity contribution in [3.63, 3.8) is 0 Å². The molecule has 144 valence electrons. The van der Waals surface area contributed by atoms with Crippen molar-refractivity contribution in [2.45, 2.75) is 52.0 Å². The Hall–Kier alpha value is -1.30. The zero-order valence-electron chi connectivity index (χ0n) is 16.6. The van der Waals surface area contributed by atoms with Gasteiger partial charge in [-0.1, -0.05) is 6.92 Å². The topological polar surface area (TPSA) is 60.0 Å². The van der Waals surface area contributed by atoms with Gasteiger partial charge >= 0.3 is 0 Å². The van der Waals surface area contributed by atoms with Crippen molar-refractivity contribution in [1.82, 2.24) is 20.4 Å². The first-order valence-corrected chi connectivity index (χ1v) is 9.93. The molecule has 0 aromatic carbocycles. The van der Waals surface area contributed by atoms with Crippen LogP contribution in [-0.2, 0) is 4.79 Å². The van der Waals surface area contributed by atoms with Crippen LogP contribution in [0.3, 0.4) is 0 Å². The van der Waals surface area contributed by atoms with Crippen LogP contribution in [0.4, 0.5) is 0 Å². The summed E-state index contributed by atoms with van der Waals surface area (Å²) < 4.78 is 0.